The van der Waals surface area contributed by atoms with Gasteiger partial charge in [-0.3, -0.25) is 4.90 Å². The minimum atomic E-state index is 0.0680. The fraction of sp³-hybridized carbons (Fsp3) is 0.412. The van der Waals surface area contributed by atoms with Gasteiger partial charge in [-0.2, -0.15) is 0 Å². The van der Waals surface area contributed by atoms with Gasteiger partial charge in [-0.25, -0.2) is 0 Å². The van der Waals surface area contributed by atoms with Crippen LogP contribution < -0.4 is 5.73 Å². The van der Waals surface area contributed by atoms with Crippen molar-refractivity contribution in [2.24, 2.45) is 5.73 Å². The van der Waals surface area contributed by atoms with Gasteiger partial charge in [-0.15, -0.1) is 0 Å². The second-order valence-corrected chi connectivity index (χ2v) is 6.55. The highest BCUT2D eigenvalue weighted by Crippen LogP contribution is 2.30. The molecule has 4 heteroatoms. The first-order chi connectivity index (χ1) is 10.2. The Morgan fingerprint density at radius 3 is 2.71 bits per heavy atom. The second kappa shape index (κ2) is 6.77. The Labute approximate surface area is 134 Å². The molecule has 0 bridgehead atoms. The van der Waals surface area contributed by atoms with Crippen LogP contribution in [-0.4, -0.2) is 17.5 Å². The highest BCUT2D eigenvalue weighted by molar-refractivity contribution is 9.10. The molecule has 3 rings (SSSR count). The standard InChI is InChI=1S/C17H21BrN2O/c18-16-6-2-1-5-15(16)17(19)9-10-20(13-7-8-13)12-14-4-3-11-21-14/h1-6,11,13,17H,7-10,12,19H2. The van der Waals surface area contributed by atoms with Gasteiger partial charge in [0.25, 0.3) is 0 Å². The summed E-state index contributed by atoms with van der Waals surface area (Å²) in [5, 5.41) is 0. The highest BCUT2D eigenvalue weighted by atomic mass is 79.9. The number of hydrogen-bond donors (Lipinski definition) is 1. The molecule has 1 aromatic heterocycles. The molecule has 1 atom stereocenters. The van der Waals surface area contributed by atoms with Gasteiger partial charge in [0.15, 0.2) is 0 Å². The Hall–Kier alpha value is -1.10. The summed E-state index contributed by atoms with van der Waals surface area (Å²) in [7, 11) is 0. The highest BCUT2D eigenvalue weighted by Gasteiger charge is 2.29. The average molecular weight is 349 g/mol. The van der Waals surface area contributed by atoms with Crippen molar-refractivity contribution in [1.82, 2.24) is 4.90 Å². The monoisotopic (exact) mass is 348 g/mol. The van der Waals surface area contributed by atoms with Crippen molar-refractivity contribution in [3.63, 3.8) is 0 Å². The normalized spacial score (nSPS) is 16.3. The van der Waals surface area contributed by atoms with Gasteiger partial charge in [0.05, 0.1) is 12.8 Å². The predicted octanol–water partition coefficient (Wildman–Crippen LogP) is 4.10. The molecule has 112 valence electrons. The van der Waals surface area contributed by atoms with Crippen molar-refractivity contribution in [3.05, 3.63) is 58.5 Å². The molecule has 0 saturated heterocycles. The number of benzene rings is 1. The predicted molar refractivity (Wildman–Crippen MR) is 87.8 cm³/mol. The number of halogens is 1. The molecule has 1 heterocycles. The first-order valence-corrected chi connectivity index (χ1v) is 8.30. The van der Waals surface area contributed by atoms with Gasteiger partial charge in [0.1, 0.15) is 5.76 Å². The van der Waals surface area contributed by atoms with Crippen LogP contribution in [0.5, 0.6) is 0 Å². The minimum Gasteiger partial charge on any atom is -0.468 e. The summed E-state index contributed by atoms with van der Waals surface area (Å²) in [6, 6.07) is 13.0. The summed E-state index contributed by atoms with van der Waals surface area (Å²) in [5.41, 5.74) is 7.54. The maximum atomic E-state index is 6.36. The van der Waals surface area contributed by atoms with Crippen LogP contribution in [0.3, 0.4) is 0 Å². The molecule has 1 saturated carbocycles. The van der Waals surface area contributed by atoms with E-state index in [1.165, 1.54) is 18.4 Å². The quantitative estimate of drug-likeness (QED) is 0.818. The fourth-order valence-corrected chi connectivity index (χ4v) is 3.25. The zero-order chi connectivity index (χ0) is 14.7. The van der Waals surface area contributed by atoms with Crippen molar-refractivity contribution in [2.75, 3.05) is 6.54 Å². The third-order valence-electron chi connectivity index (χ3n) is 4.03. The van der Waals surface area contributed by atoms with E-state index in [1.54, 1.807) is 6.26 Å². The van der Waals surface area contributed by atoms with E-state index < -0.39 is 0 Å². The van der Waals surface area contributed by atoms with E-state index in [2.05, 4.69) is 33.0 Å². The van der Waals surface area contributed by atoms with E-state index >= 15 is 0 Å². The Kier molecular flexibility index (Phi) is 4.78. The van der Waals surface area contributed by atoms with E-state index in [1.807, 2.05) is 24.3 Å². The first kappa shape index (κ1) is 14.8. The summed E-state index contributed by atoms with van der Waals surface area (Å²) in [5.74, 6) is 1.04. The zero-order valence-electron chi connectivity index (χ0n) is 12.0. The first-order valence-electron chi connectivity index (χ1n) is 7.50. The Bertz CT molecular complexity index is 566. The van der Waals surface area contributed by atoms with Crippen LogP contribution in [0.4, 0.5) is 0 Å². The molecular weight excluding hydrogens is 328 g/mol. The van der Waals surface area contributed by atoms with Crippen LogP contribution in [0.2, 0.25) is 0 Å². The Balaban J connectivity index is 1.58. The molecule has 1 aromatic carbocycles. The van der Waals surface area contributed by atoms with Crippen LogP contribution in [0.25, 0.3) is 0 Å². The molecule has 3 nitrogen and oxygen atoms in total. The molecule has 1 unspecified atom stereocenters. The summed E-state index contributed by atoms with van der Waals surface area (Å²) < 4.78 is 6.57. The van der Waals surface area contributed by atoms with E-state index in [0.717, 1.165) is 29.7 Å². The van der Waals surface area contributed by atoms with Crippen LogP contribution in [0.15, 0.2) is 51.6 Å². The Morgan fingerprint density at radius 2 is 2.05 bits per heavy atom. The van der Waals surface area contributed by atoms with Crippen molar-refractivity contribution >= 4 is 15.9 Å². The van der Waals surface area contributed by atoms with Crippen LogP contribution >= 0.6 is 15.9 Å². The lowest BCUT2D eigenvalue weighted by atomic mass is 10.0. The minimum absolute atomic E-state index is 0.0680. The fourth-order valence-electron chi connectivity index (χ4n) is 2.67. The molecule has 21 heavy (non-hydrogen) atoms. The number of furan rings is 1. The third-order valence-corrected chi connectivity index (χ3v) is 4.76. The lowest BCUT2D eigenvalue weighted by Crippen LogP contribution is -2.29. The van der Waals surface area contributed by atoms with Gasteiger partial charge in [0, 0.05) is 23.1 Å². The van der Waals surface area contributed by atoms with Crippen LogP contribution in [-0.2, 0) is 6.54 Å². The molecule has 2 N–H and O–H groups in total. The number of nitrogens with zero attached hydrogens (tertiary/aromatic N) is 1. The zero-order valence-corrected chi connectivity index (χ0v) is 13.6. The lowest BCUT2D eigenvalue weighted by molar-refractivity contribution is 0.225. The molecule has 1 aliphatic carbocycles. The summed E-state index contributed by atoms with van der Waals surface area (Å²) >= 11 is 3.59. The molecule has 2 aromatic rings. The van der Waals surface area contributed by atoms with Gasteiger partial charge in [-0.05, 0) is 43.0 Å². The molecule has 0 radical (unpaired) electrons. The maximum absolute atomic E-state index is 6.36. The van der Waals surface area contributed by atoms with Crippen LogP contribution in [0.1, 0.15) is 36.6 Å². The SMILES string of the molecule is NC(CCN(Cc1ccco1)C1CC1)c1ccccc1Br. The van der Waals surface area contributed by atoms with Crippen molar-refractivity contribution < 1.29 is 4.42 Å². The van der Waals surface area contributed by atoms with Gasteiger partial charge < -0.3 is 10.2 Å². The van der Waals surface area contributed by atoms with Gasteiger partial charge in [0.2, 0.25) is 0 Å². The average Bonchev–Trinajstić information content (AvgIpc) is 3.21. The maximum Gasteiger partial charge on any atom is 0.117 e. The topological polar surface area (TPSA) is 42.4 Å². The van der Waals surface area contributed by atoms with E-state index in [-0.39, 0.29) is 6.04 Å². The number of nitrogens with two attached hydrogens (primary N) is 1. The summed E-state index contributed by atoms with van der Waals surface area (Å²) in [6.07, 6.45) is 5.29. The largest absolute Gasteiger partial charge is 0.468 e. The summed E-state index contributed by atoms with van der Waals surface area (Å²) in [4.78, 5) is 2.50. The van der Waals surface area contributed by atoms with Crippen molar-refractivity contribution in [2.45, 2.75) is 37.9 Å². The Morgan fingerprint density at radius 1 is 1.24 bits per heavy atom. The van der Waals surface area contributed by atoms with E-state index in [0.29, 0.717) is 6.04 Å². The van der Waals surface area contributed by atoms with Crippen molar-refractivity contribution in [3.8, 4) is 0 Å². The lowest BCUT2D eigenvalue weighted by Gasteiger charge is -2.23. The van der Waals surface area contributed by atoms with Crippen molar-refractivity contribution in [1.29, 1.82) is 0 Å². The van der Waals surface area contributed by atoms with Crippen LogP contribution in [0, 0.1) is 0 Å². The number of rotatable bonds is 7. The van der Waals surface area contributed by atoms with Gasteiger partial charge >= 0.3 is 0 Å². The van der Waals surface area contributed by atoms with Gasteiger partial charge in [-0.1, -0.05) is 34.1 Å². The molecule has 1 aliphatic rings. The second-order valence-electron chi connectivity index (χ2n) is 5.70. The molecule has 0 aliphatic heterocycles. The molecule has 0 spiro atoms. The third kappa shape index (κ3) is 3.96. The molecular formula is C17H21BrN2O. The number of hydrogen-bond acceptors (Lipinski definition) is 3. The molecule has 1 fully saturated rings. The van der Waals surface area contributed by atoms with E-state index in [9.17, 15) is 0 Å². The smallest absolute Gasteiger partial charge is 0.117 e. The van der Waals surface area contributed by atoms with E-state index in [4.69, 9.17) is 10.2 Å². The summed E-state index contributed by atoms with van der Waals surface area (Å²) in [6.45, 7) is 1.90. The molecule has 0 amide bonds.